The summed E-state index contributed by atoms with van der Waals surface area (Å²) in [5.74, 6) is -0.135. The number of anilines is 2. The fourth-order valence-electron chi connectivity index (χ4n) is 4.43. The molecular formula is C24H29N3O3. The van der Waals surface area contributed by atoms with Crippen LogP contribution in [0.15, 0.2) is 42.5 Å². The molecule has 6 nitrogen and oxygen atoms in total. The number of aromatic hydroxyl groups is 1. The number of nitrogens with zero attached hydrogens (tertiary/aromatic N) is 1. The van der Waals surface area contributed by atoms with Crippen molar-refractivity contribution < 1.29 is 14.7 Å². The minimum Gasteiger partial charge on any atom is -0.506 e. The van der Waals surface area contributed by atoms with Crippen molar-refractivity contribution in [1.82, 2.24) is 4.90 Å². The number of likely N-dealkylation sites (tertiary alicyclic amines) is 1. The first-order valence-corrected chi connectivity index (χ1v) is 10.8. The Hall–Kier alpha value is -2.86. The Kier molecular flexibility index (Phi) is 6.04. The van der Waals surface area contributed by atoms with Crippen LogP contribution in [0.1, 0.15) is 37.3 Å². The number of amides is 2. The molecule has 1 atom stereocenters. The maximum Gasteiger partial charge on any atom is 0.241 e. The van der Waals surface area contributed by atoms with Crippen LogP contribution in [0.25, 0.3) is 0 Å². The molecule has 1 saturated heterocycles. The van der Waals surface area contributed by atoms with Gasteiger partial charge in [0.2, 0.25) is 11.8 Å². The normalized spacial score (nSPS) is 17.9. The number of carbonyl (C=O) groups is 2. The molecule has 2 amide bonds. The lowest BCUT2D eigenvalue weighted by Gasteiger charge is -2.34. The van der Waals surface area contributed by atoms with E-state index in [2.05, 4.69) is 27.7 Å². The van der Waals surface area contributed by atoms with Crippen molar-refractivity contribution in [3.8, 4) is 5.75 Å². The highest BCUT2D eigenvalue weighted by molar-refractivity contribution is 5.95. The second kappa shape index (κ2) is 8.88. The van der Waals surface area contributed by atoms with Crippen molar-refractivity contribution >= 4 is 23.2 Å². The number of phenolic OH excluding ortho intramolecular Hbond substituents is 1. The summed E-state index contributed by atoms with van der Waals surface area (Å²) in [5.41, 5.74) is 4.04. The van der Waals surface area contributed by atoms with Crippen molar-refractivity contribution in [2.75, 3.05) is 23.7 Å². The number of piperidine rings is 1. The van der Waals surface area contributed by atoms with E-state index in [0.29, 0.717) is 31.6 Å². The quantitative estimate of drug-likeness (QED) is 0.662. The van der Waals surface area contributed by atoms with Crippen LogP contribution < -0.4 is 10.6 Å². The fraction of sp³-hybridized carbons (Fsp3) is 0.417. The third-order valence-corrected chi connectivity index (χ3v) is 6.36. The van der Waals surface area contributed by atoms with Gasteiger partial charge in [0.1, 0.15) is 5.75 Å². The molecule has 0 aromatic heterocycles. The van der Waals surface area contributed by atoms with Gasteiger partial charge in [-0.1, -0.05) is 18.2 Å². The molecule has 6 heteroatoms. The molecular weight excluding hydrogens is 378 g/mol. The van der Waals surface area contributed by atoms with Gasteiger partial charge in [0.25, 0.3) is 0 Å². The van der Waals surface area contributed by atoms with Gasteiger partial charge in [-0.15, -0.1) is 0 Å². The van der Waals surface area contributed by atoms with E-state index in [1.165, 1.54) is 17.5 Å². The predicted molar refractivity (Wildman–Crippen MR) is 118 cm³/mol. The number of rotatable bonds is 5. The maximum absolute atomic E-state index is 12.7. The van der Waals surface area contributed by atoms with Crippen molar-refractivity contribution in [2.24, 2.45) is 5.92 Å². The van der Waals surface area contributed by atoms with Crippen LogP contribution in [-0.4, -0.2) is 41.0 Å². The Morgan fingerprint density at radius 3 is 2.53 bits per heavy atom. The number of para-hydroxylation sites is 2. The molecule has 2 aromatic carbocycles. The smallest absolute Gasteiger partial charge is 0.241 e. The number of carbonyl (C=O) groups excluding carboxylic acids is 2. The first-order valence-electron chi connectivity index (χ1n) is 10.8. The van der Waals surface area contributed by atoms with Crippen LogP contribution >= 0.6 is 0 Å². The first kappa shape index (κ1) is 20.4. The van der Waals surface area contributed by atoms with E-state index in [1.807, 2.05) is 13.0 Å². The molecule has 30 heavy (non-hydrogen) atoms. The molecule has 2 aromatic rings. The lowest BCUT2D eigenvalue weighted by Crippen LogP contribution is -2.47. The van der Waals surface area contributed by atoms with Gasteiger partial charge >= 0.3 is 0 Å². The van der Waals surface area contributed by atoms with Crippen LogP contribution in [0.4, 0.5) is 11.4 Å². The van der Waals surface area contributed by atoms with Crippen LogP contribution in [0.2, 0.25) is 0 Å². The monoisotopic (exact) mass is 407 g/mol. The molecule has 1 heterocycles. The summed E-state index contributed by atoms with van der Waals surface area (Å²) in [6.07, 6.45) is 4.79. The second-order valence-electron chi connectivity index (χ2n) is 8.32. The zero-order chi connectivity index (χ0) is 21.1. The van der Waals surface area contributed by atoms with Gasteiger partial charge in [-0.2, -0.15) is 0 Å². The van der Waals surface area contributed by atoms with Crippen LogP contribution in [0, 0.1) is 5.92 Å². The average molecular weight is 408 g/mol. The summed E-state index contributed by atoms with van der Waals surface area (Å²) in [7, 11) is 0. The Balaban J connectivity index is 1.28. The molecule has 3 N–H and O–H groups in total. The summed E-state index contributed by atoms with van der Waals surface area (Å²) < 4.78 is 0. The van der Waals surface area contributed by atoms with Crippen molar-refractivity contribution in [1.29, 1.82) is 0 Å². The second-order valence-corrected chi connectivity index (χ2v) is 8.32. The Labute approximate surface area is 177 Å². The first-order chi connectivity index (χ1) is 14.5. The third-order valence-electron chi connectivity index (χ3n) is 6.36. The van der Waals surface area contributed by atoms with E-state index in [-0.39, 0.29) is 29.5 Å². The SMILES string of the molecule is C[C@@H](C(=O)Nc1ccc2c(c1)CCC2)N1CCC(C(=O)Nc2ccccc2O)CC1. The van der Waals surface area contributed by atoms with Crippen molar-refractivity contribution in [3.05, 3.63) is 53.6 Å². The predicted octanol–water partition coefficient (Wildman–Crippen LogP) is 3.56. The van der Waals surface area contributed by atoms with Crippen LogP contribution in [0.5, 0.6) is 5.75 Å². The van der Waals surface area contributed by atoms with Gasteiger partial charge in [-0.05, 0) is 87.5 Å². The molecule has 0 radical (unpaired) electrons. The lowest BCUT2D eigenvalue weighted by molar-refractivity contribution is -0.123. The molecule has 1 fully saturated rings. The number of fused-ring (bicyclic) bond motifs is 1. The van der Waals surface area contributed by atoms with Gasteiger partial charge in [-0.3, -0.25) is 14.5 Å². The van der Waals surface area contributed by atoms with Crippen LogP contribution in [-0.2, 0) is 22.4 Å². The molecule has 2 aliphatic rings. The van der Waals surface area contributed by atoms with E-state index in [4.69, 9.17) is 0 Å². The number of nitrogens with one attached hydrogen (secondary N) is 2. The molecule has 0 unspecified atom stereocenters. The number of hydrogen-bond donors (Lipinski definition) is 3. The Bertz CT molecular complexity index is 935. The highest BCUT2D eigenvalue weighted by atomic mass is 16.3. The summed E-state index contributed by atoms with van der Waals surface area (Å²) in [6, 6.07) is 12.7. The molecule has 0 spiro atoms. The number of benzene rings is 2. The highest BCUT2D eigenvalue weighted by Crippen LogP contribution is 2.27. The molecule has 1 aliphatic heterocycles. The van der Waals surface area contributed by atoms with E-state index >= 15 is 0 Å². The van der Waals surface area contributed by atoms with E-state index < -0.39 is 0 Å². The topological polar surface area (TPSA) is 81.7 Å². The zero-order valence-electron chi connectivity index (χ0n) is 17.4. The molecule has 158 valence electrons. The van der Waals surface area contributed by atoms with Gasteiger partial charge in [0, 0.05) is 11.6 Å². The third kappa shape index (κ3) is 4.49. The van der Waals surface area contributed by atoms with Gasteiger partial charge in [0.05, 0.1) is 11.7 Å². The molecule has 1 aliphatic carbocycles. The summed E-state index contributed by atoms with van der Waals surface area (Å²) in [5, 5.41) is 15.7. The van der Waals surface area contributed by atoms with E-state index in [1.54, 1.807) is 24.3 Å². The lowest BCUT2D eigenvalue weighted by atomic mass is 9.94. The zero-order valence-corrected chi connectivity index (χ0v) is 17.4. The number of phenols is 1. The maximum atomic E-state index is 12.7. The van der Waals surface area contributed by atoms with E-state index in [0.717, 1.165) is 18.5 Å². The summed E-state index contributed by atoms with van der Waals surface area (Å²) in [6.45, 7) is 3.31. The molecule has 0 saturated carbocycles. The number of hydrogen-bond acceptors (Lipinski definition) is 4. The van der Waals surface area contributed by atoms with Gasteiger partial charge in [-0.25, -0.2) is 0 Å². The molecule has 0 bridgehead atoms. The van der Waals surface area contributed by atoms with Crippen molar-refractivity contribution in [3.63, 3.8) is 0 Å². The minimum atomic E-state index is -0.250. The Morgan fingerprint density at radius 2 is 1.77 bits per heavy atom. The average Bonchev–Trinajstić information content (AvgIpc) is 3.23. The highest BCUT2D eigenvalue weighted by Gasteiger charge is 2.30. The molecule has 4 rings (SSSR count). The van der Waals surface area contributed by atoms with Crippen LogP contribution in [0.3, 0.4) is 0 Å². The standard InChI is InChI=1S/C24H29N3O3/c1-16(23(29)25-20-10-9-17-5-4-6-19(17)15-20)27-13-11-18(12-14-27)24(30)26-21-7-2-3-8-22(21)28/h2-3,7-10,15-16,18,28H,4-6,11-14H2,1H3,(H,25,29)(H,26,30)/t16-/m0/s1. The Morgan fingerprint density at radius 1 is 1.03 bits per heavy atom. The number of aryl methyl sites for hydroxylation is 2. The van der Waals surface area contributed by atoms with Gasteiger partial charge in [0.15, 0.2) is 0 Å². The fourth-order valence-corrected chi connectivity index (χ4v) is 4.43. The van der Waals surface area contributed by atoms with Crippen molar-refractivity contribution in [2.45, 2.75) is 45.1 Å². The largest absolute Gasteiger partial charge is 0.506 e. The van der Waals surface area contributed by atoms with E-state index in [9.17, 15) is 14.7 Å². The summed E-state index contributed by atoms with van der Waals surface area (Å²) in [4.78, 5) is 27.4. The minimum absolute atomic E-state index is 0.00921. The van der Waals surface area contributed by atoms with Gasteiger partial charge < -0.3 is 15.7 Å². The summed E-state index contributed by atoms with van der Waals surface area (Å²) >= 11 is 0.